The zero-order chi connectivity index (χ0) is 23.4. The first-order valence-corrected chi connectivity index (χ1v) is 11.7. The minimum atomic E-state index is -4.70. The van der Waals surface area contributed by atoms with Crippen LogP contribution in [0.2, 0.25) is 0 Å². The number of nitrogens with one attached hydrogen (secondary N) is 2. The number of hydrogen-bond acceptors (Lipinski definition) is 5. The number of amides is 1. The molecule has 2 aliphatic rings. The largest absolute Gasteiger partial charge is 0.418 e. The Labute approximate surface area is 189 Å². The molecule has 1 atom stereocenters. The molecular formula is C21H21F3N6O2S. The Kier molecular flexibility index (Phi) is 5.16. The molecule has 0 saturated heterocycles. The lowest BCUT2D eigenvalue weighted by Gasteiger charge is -2.42. The topological polar surface area (TPSA) is 115 Å². The van der Waals surface area contributed by atoms with E-state index in [2.05, 4.69) is 20.6 Å². The Balaban J connectivity index is 1.59. The second-order valence-electron chi connectivity index (χ2n) is 8.48. The van der Waals surface area contributed by atoms with Crippen molar-refractivity contribution in [3.63, 3.8) is 0 Å². The summed E-state index contributed by atoms with van der Waals surface area (Å²) in [6, 6.07) is 4.96. The quantitative estimate of drug-likeness (QED) is 0.523. The van der Waals surface area contributed by atoms with Gasteiger partial charge in [-0.15, -0.1) is 0 Å². The number of hydrogen-bond donors (Lipinski definition) is 3. The van der Waals surface area contributed by atoms with Gasteiger partial charge in [0.2, 0.25) is 11.9 Å². The van der Waals surface area contributed by atoms with Crippen LogP contribution in [0.5, 0.6) is 0 Å². The first-order valence-electron chi connectivity index (χ1n) is 10.5. The van der Waals surface area contributed by atoms with E-state index in [1.807, 2.05) is 4.57 Å². The van der Waals surface area contributed by atoms with Crippen molar-refractivity contribution in [3.8, 4) is 0 Å². The number of benzene rings is 1. The molecule has 8 nitrogen and oxygen atoms in total. The van der Waals surface area contributed by atoms with Gasteiger partial charge in [0, 0.05) is 11.6 Å². The molecule has 1 aliphatic carbocycles. The van der Waals surface area contributed by atoms with Gasteiger partial charge in [-0.3, -0.25) is 4.79 Å². The lowest BCUT2D eigenvalue weighted by atomic mass is 9.78. The summed E-state index contributed by atoms with van der Waals surface area (Å²) in [6.45, 7) is 0. The van der Waals surface area contributed by atoms with Crippen LogP contribution in [0.4, 0.5) is 30.6 Å². The van der Waals surface area contributed by atoms with Crippen molar-refractivity contribution in [2.45, 2.75) is 55.1 Å². The van der Waals surface area contributed by atoms with Gasteiger partial charge < -0.3 is 15.2 Å². The maximum atomic E-state index is 13.6. The fourth-order valence-corrected chi connectivity index (χ4v) is 5.35. The standard InChI is InChI=1S/C21H21F3N6O2S/c22-21(23,24)14-9-13(33(25)32)4-5-15(14)27-19-26-11-12-8-16-28-17(31)10-20(6-2-1-3-7-20)30(16)18(12)29-19/h4-5,8-9,11H,1-3,6-7,10,25H2,(H,28,31)(H,26,27,29). The molecule has 12 heteroatoms. The summed E-state index contributed by atoms with van der Waals surface area (Å²) in [5.41, 5.74) is -1.14. The third-order valence-electron chi connectivity index (χ3n) is 6.33. The van der Waals surface area contributed by atoms with Crippen molar-refractivity contribution in [3.05, 3.63) is 36.0 Å². The van der Waals surface area contributed by atoms with Crippen LogP contribution in [0, 0.1) is 0 Å². The predicted octanol–water partition coefficient (Wildman–Crippen LogP) is 4.18. The van der Waals surface area contributed by atoms with Crippen molar-refractivity contribution < 1.29 is 22.2 Å². The van der Waals surface area contributed by atoms with E-state index < -0.39 is 28.3 Å². The first kappa shape index (κ1) is 21.8. The second-order valence-corrected chi connectivity index (χ2v) is 9.54. The number of carbonyl (C=O) groups is 1. The summed E-state index contributed by atoms with van der Waals surface area (Å²) >= 11 is 0. The van der Waals surface area contributed by atoms with E-state index in [-0.39, 0.29) is 22.4 Å². The highest BCUT2D eigenvalue weighted by Gasteiger charge is 2.42. The van der Waals surface area contributed by atoms with Gasteiger partial charge in [0.05, 0.1) is 28.1 Å². The molecule has 1 unspecified atom stereocenters. The summed E-state index contributed by atoms with van der Waals surface area (Å²) in [5, 5.41) is 11.5. The number of fused-ring (bicyclic) bond motifs is 4. The molecule has 1 spiro atoms. The molecular weight excluding hydrogens is 457 g/mol. The molecule has 33 heavy (non-hydrogen) atoms. The molecule has 5 rings (SSSR count). The second kappa shape index (κ2) is 7.80. The van der Waals surface area contributed by atoms with E-state index in [1.165, 1.54) is 12.3 Å². The number of nitrogens with zero attached hydrogens (tertiary/aromatic N) is 3. The molecule has 4 N–H and O–H groups in total. The average Bonchev–Trinajstić information content (AvgIpc) is 3.11. The van der Waals surface area contributed by atoms with Crippen LogP contribution in [-0.2, 0) is 27.5 Å². The van der Waals surface area contributed by atoms with Gasteiger partial charge in [-0.2, -0.15) is 18.2 Å². The lowest BCUT2D eigenvalue weighted by molar-refractivity contribution is -0.137. The summed E-state index contributed by atoms with van der Waals surface area (Å²) in [4.78, 5) is 21.0. The smallest absolute Gasteiger partial charge is 0.324 e. The van der Waals surface area contributed by atoms with E-state index >= 15 is 0 Å². The van der Waals surface area contributed by atoms with Crippen molar-refractivity contribution in [1.82, 2.24) is 14.5 Å². The molecule has 1 fully saturated rings. The van der Waals surface area contributed by atoms with Gasteiger partial charge in [-0.1, -0.05) is 19.3 Å². The van der Waals surface area contributed by atoms with Gasteiger partial charge in [0.1, 0.15) is 22.5 Å². The third-order valence-corrected chi connectivity index (χ3v) is 7.05. The van der Waals surface area contributed by atoms with Gasteiger partial charge in [0.15, 0.2) is 0 Å². The Morgan fingerprint density at radius 3 is 2.64 bits per heavy atom. The van der Waals surface area contributed by atoms with Gasteiger partial charge in [-0.05, 0) is 37.1 Å². The number of halogens is 3. The number of aromatic nitrogens is 3. The van der Waals surface area contributed by atoms with Crippen molar-refractivity contribution >= 4 is 45.4 Å². The minimum Gasteiger partial charge on any atom is -0.324 e. The van der Waals surface area contributed by atoms with E-state index in [1.54, 1.807) is 6.07 Å². The highest BCUT2D eigenvalue weighted by molar-refractivity contribution is 7.82. The summed E-state index contributed by atoms with van der Waals surface area (Å²) < 4.78 is 54.4. The average molecular weight is 479 g/mol. The lowest BCUT2D eigenvalue weighted by Crippen LogP contribution is -2.44. The monoisotopic (exact) mass is 478 g/mol. The van der Waals surface area contributed by atoms with Crippen molar-refractivity contribution in [2.75, 3.05) is 10.6 Å². The Morgan fingerprint density at radius 1 is 1.18 bits per heavy atom. The van der Waals surface area contributed by atoms with Gasteiger partial charge >= 0.3 is 6.18 Å². The number of rotatable bonds is 3. The first-order chi connectivity index (χ1) is 15.7. The molecule has 1 amide bonds. The van der Waals surface area contributed by atoms with Crippen molar-refractivity contribution in [1.29, 1.82) is 0 Å². The molecule has 0 bridgehead atoms. The van der Waals surface area contributed by atoms with Crippen LogP contribution in [0.15, 0.2) is 35.4 Å². The number of alkyl halides is 3. The molecule has 1 saturated carbocycles. The fraction of sp³-hybridized carbons (Fsp3) is 0.381. The van der Waals surface area contributed by atoms with E-state index in [0.717, 1.165) is 44.2 Å². The molecule has 1 aliphatic heterocycles. The fourth-order valence-electron chi connectivity index (χ4n) is 4.91. The maximum Gasteiger partial charge on any atom is 0.418 e. The van der Waals surface area contributed by atoms with Crippen LogP contribution in [0.25, 0.3) is 11.0 Å². The normalized spacial score (nSPS) is 18.7. The molecule has 3 heterocycles. The number of carbonyl (C=O) groups excluding carboxylic acids is 1. The van der Waals surface area contributed by atoms with Crippen LogP contribution in [0.3, 0.4) is 0 Å². The van der Waals surface area contributed by atoms with Crippen LogP contribution in [-0.4, -0.2) is 24.7 Å². The zero-order valence-electron chi connectivity index (χ0n) is 17.4. The Morgan fingerprint density at radius 2 is 1.94 bits per heavy atom. The molecule has 2 aromatic heterocycles. The Bertz CT molecular complexity index is 1280. The van der Waals surface area contributed by atoms with Gasteiger partial charge in [0.25, 0.3) is 0 Å². The van der Waals surface area contributed by atoms with E-state index in [4.69, 9.17) is 5.14 Å². The van der Waals surface area contributed by atoms with Crippen LogP contribution >= 0.6 is 0 Å². The number of nitrogens with two attached hydrogens (primary N) is 1. The zero-order valence-corrected chi connectivity index (χ0v) is 18.2. The summed E-state index contributed by atoms with van der Waals surface area (Å²) in [5.74, 6) is 0.560. The van der Waals surface area contributed by atoms with E-state index in [9.17, 15) is 22.2 Å². The van der Waals surface area contributed by atoms with Crippen molar-refractivity contribution in [2.24, 2.45) is 5.14 Å². The minimum absolute atomic E-state index is 0.0154. The molecule has 0 radical (unpaired) electrons. The SMILES string of the molecule is NS(=O)c1ccc(Nc2ncc3cc4n(c3n2)C2(CCCCC2)CC(=O)N4)c(C(F)(F)F)c1. The highest BCUT2D eigenvalue weighted by Crippen LogP contribution is 2.45. The third kappa shape index (κ3) is 3.86. The summed E-state index contributed by atoms with van der Waals surface area (Å²) in [6.07, 6.45) is 1.91. The molecule has 174 valence electrons. The molecule has 3 aromatic rings. The summed E-state index contributed by atoms with van der Waals surface area (Å²) in [7, 11) is -2.05. The number of anilines is 3. The highest BCUT2D eigenvalue weighted by atomic mass is 32.2. The predicted molar refractivity (Wildman–Crippen MR) is 117 cm³/mol. The van der Waals surface area contributed by atoms with Crippen LogP contribution in [0.1, 0.15) is 44.1 Å². The Hall–Kier alpha value is -2.99. The van der Waals surface area contributed by atoms with E-state index in [0.29, 0.717) is 23.3 Å². The van der Waals surface area contributed by atoms with Gasteiger partial charge in [-0.25, -0.2) is 14.3 Å². The molecule has 1 aromatic carbocycles. The van der Waals surface area contributed by atoms with Crippen LogP contribution < -0.4 is 15.8 Å². The maximum absolute atomic E-state index is 13.6.